The topological polar surface area (TPSA) is 77.5 Å². The lowest BCUT2D eigenvalue weighted by Crippen LogP contribution is -2.21. The Hall–Kier alpha value is -3.97. The second-order valence-corrected chi connectivity index (χ2v) is 10.7. The largest absolute Gasteiger partial charge is 0.497 e. The van der Waals surface area contributed by atoms with Crippen molar-refractivity contribution in [3.05, 3.63) is 88.9 Å². The minimum absolute atomic E-state index is 0.0232. The van der Waals surface area contributed by atoms with E-state index in [2.05, 4.69) is 26.1 Å². The van der Waals surface area contributed by atoms with Gasteiger partial charge in [-0.05, 0) is 64.6 Å². The fourth-order valence-electron chi connectivity index (χ4n) is 3.73. The summed E-state index contributed by atoms with van der Waals surface area (Å²) in [5.41, 5.74) is 4.29. The maximum atomic E-state index is 12.8. The summed E-state index contributed by atoms with van der Waals surface area (Å²) < 4.78 is 11.7. The van der Waals surface area contributed by atoms with Gasteiger partial charge in [-0.3, -0.25) is 9.59 Å². The van der Waals surface area contributed by atoms with Crippen LogP contribution in [0.2, 0.25) is 0 Å². The summed E-state index contributed by atoms with van der Waals surface area (Å²) in [5, 5.41) is 3.50. The molecule has 1 amide bonds. The third-order valence-corrected chi connectivity index (χ3v) is 6.85. The number of rotatable bonds is 8. The summed E-state index contributed by atoms with van der Waals surface area (Å²) in [5.74, 6) is -0.186. The summed E-state index contributed by atoms with van der Waals surface area (Å²) in [4.78, 5) is 29.9. The molecular weight excluding hydrogens is 484 g/mol. The smallest absolute Gasteiger partial charge is 0.310 e. The molecule has 1 N–H and O–H groups in total. The lowest BCUT2D eigenvalue weighted by atomic mass is 9.87. The first-order valence-corrected chi connectivity index (χ1v) is 12.8. The van der Waals surface area contributed by atoms with Gasteiger partial charge in [0.25, 0.3) is 5.91 Å². The lowest BCUT2D eigenvalue weighted by molar-refractivity contribution is -0.146. The van der Waals surface area contributed by atoms with E-state index in [0.717, 1.165) is 20.8 Å². The monoisotopic (exact) mass is 514 g/mol. The first-order chi connectivity index (χ1) is 17.7. The quantitative estimate of drug-likeness (QED) is 0.264. The number of amides is 1. The first kappa shape index (κ1) is 26.1. The van der Waals surface area contributed by atoms with Crippen molar-refractivity contribution in [2.24, 2.45) is 0 Å². The first-order valence-electron chi connectivity index (χ1n) is 12.0. The van der Waals surface area contributed by atoms with Crippen LogP contribution < -0.4 is 10.1 Å². The van der Waals surface area contributed by atoms with Crippen molar-refractivity contribution >= 4 is 50.8 Å². The molecule has 1 aromatic heterocycles. The van der Waals surface area contributed by atoms with E-state index in [1.54, 1.807) is 7.11 Å². The highest BCUT2D eigenvalue weighted by atomic mass is 32.1. The van der Waals surface area contributed by atoms with E-state index in [-0.39, 0.29) is 18.4 Å². The van der Waals surface area contributed by atoms with Crippen molar-refractivity contribution in [2.45, 2.75) is 32.6 Å². The highest BCUT2D eigenvalue weighted by Crippen LogP contribution is 2.31. The van der Waals surface area contributed by atoms with Crippen molar-refractivity contribution in [3.63, 3.8) is 0 Å². The molecule has 0 spiro atoms. The van der Waals surface area contributed by atoms with Crippen LogP contribution in [0, 0.1) is 0 Å². The van der Waals surface area contributed by atoms with E-state index in [4.69, 9.17) is 14.5 Å². The van der Waals surface area contributed by atoms with Crippen LogP contribution in [-0.4, -0.2) is 30.6 Å². The molecule has 4 rings (SSSR count). The number of anilines is 1. The molecule has 37 heavy (non-hydrogen) atoms. The molecule has 0 aliphatic carbocycles. The fourth-order valence-corrected chi connectivity index (χ4v) is 4.71. The number of para-hydroxylation sites is 1. The molecule has 0 unspecified atom stereocenters. The number of nitrogens with zero attached hydrogens (tertiary/aromatic N) is 1. The molecule has 0 fully saturated rings. The van der Waals surface area contributed by atoms with E-state index < -0.39 is 11.9 Å². The Morgan fingerprint density at radius 2 is 1.76 bits per heavy atom. The molecule has 6 nitrogen and oxygen atoms in total. The van der Waals surface area contributed by atoms with Crippen LogP contribution in [-0.2, 0) is 19.7 Å². The van der Waals surface area contributed by atoms with Crippen molar-refractivity contribution in [1.82, 2.24) is 4.98 Å². The maximum Gasteiger partial charge on any atom is 0.310 e. The number of fused-ring (bicyclic) bond motifs is 1. The standard InChI is InChI=1S/C30H30N2O4S/c1-30(2,3)22-12-14-23(15-13-22)31-27(33)19-36-28(34)18-21(16-20-8-7-9-24(17-20)35-4)29-32-25-10-5-6-11-26(25)37-29/h5-17H,18-19H2,1-4H3,(H,31,33). The van der Waals surface area contributed by atoms with E-state index in [1.165, 1.54) is 16.9 Å². The van der Waals surface area contributed by atoms with E-state index >= 15 is 0 Å². The minimum atomic E-state index is -0.508. The normalized spacial score (nSPS) is 11.8. The number of carbonyl (C=O) groups is 2. The highest BCUT2D eigenvalue weighted by Gasteiger charge is 2.17. The Morgan fingerprint density at radius 3 is 2.46 bits per heavy atom. The molecule has 7 heteroatoms. The van der Waals surface area contributed by atoms with Crippen LogP contribution in [0.25, 0.3) is 21.9 Å². The predicted molar refractivity (Wildman–Crippen MR) is 150 cm³/mol. The summed E-state index contributed by atoms with van der Waals surface area (Å²) in [6.45, 7) is 6.02. The Labute approximate surface area is 221 Å². The van der Waals surface area contributed by atoms with Crippen LogP contribution in [0.15, 0.2) is 72.8 Å². The number of hydrogen-bond acceptors (Lipinski definition) is 6. The number of aromatic nitrogens is 1. The number of benzene rings is 3. The van der Waals surface area contributed by atoms with Crippen LogP contribution >= 0.6 is 11.3 Å². The van der Waals surface area contributed by atoms with Gasteiger partial charge >= 0.3 is 5.97 Å². The Bertz CT molecular complexity index is 1400. The summed E-state index contributed by atoms with van der Waals surface area (Å²) in [6.07, 6.45) is 1.88. The zero-order valence-electron chi connectivity index (χ0n) is 21.4. The second-order valence-electron chi connectivity index (χ2n) is 9.65. The van der Waals surface area contributed by atoms with Crippen LogP contribution in [0.1, 0.15) is 43.3 Å². The van der Waals surface area contributed by atoms with Crippen molar-refractivity contribution in [1.29, 1.82) is 0 Å². The molecule has 0 saturated heterocycles. The number of thiazole rings is 1. The highest BCUT2D eigenvalue weighted by molar-refractivity contribution is 7.19. The average Bonchev–Trinajstić information content (AvgIpc) is 3.31. The van der Waals surface area contributed by atoms with Crippen LogP contribution in [0.4, 0.5) is 5.69 Å². The molecule has 0 radical (unpaired) electrons. The summed E-state index contributed by atoms with van der Waals surface area (Å²) in [7, 11) is 1.61. The van der Waals surface area contributed by atoms with Gasteiger partial charge < -0.3 is 14.8 Å². The number of carbonyl (C=O) groups excluding carboxylic acids is 2. The van der Waals surface area contributed by atoms with Gasteiger partial charge in [-0.15, -0.1) is 11.3 Å². The summed E-state index contributed by atoms with van der Waals surface area (Å²) in [6, 6.07) is 23.0. The van der Waals surface area contributed by atoms with Gasteiger partial charge in [0, 0.05) is 5.69 Å². The van der Waals surface area contributed by atoms with Gasteiger partial charge in [0.05, 0.1) is 23.7 Å². The van der Waals surface area contributed by atoms with Crippen LogP contribution in [0.5, 0.6) is 5.75 Å². The minimum Gasteiger partial charge on any atom is -0.497 e. The number of ether oxygens (including phenoxy) is 2. The molecule has 0 bridgehead atoms. The summed E-state index contributed by atoms with van der Waals surface area (Å²) >= 11 is 1.51. The van der Waals surface area contributed by atoms with Crippen molar-refractivity contribution in [2.75, 3.05) is 19.0 Å². The Kier molecular flexibility index (Phi) is 8.04. The van der Waals surface area contributed by atoms with Gasteiger partial charge in [-0.25, -0.2) is 4.98 Å². The molecule has 3 aromatic carbocycles. The van der Waals surface area contributed by atoms with Crippen molar-refractivity contribution < 1.29 is 19.1 Å². The Morgan fingerprint density at radius 1 is 1.00 bits per heavy atom. The number of methoxy groups -OCH3 is 1. The third-order valence-electron chi connectivity index (χ3n) is 5.74. The van der Waals surface area contributed by atoms with Gasteiger partial charge in [0.1, 0.15) is 10.8 Å². The zero-order valence-corrected chi connectivity index (χ0v) is 22.2. The van der Waals surface area contributed by atoms with E-state index in [0.29, 0.717) is 17.0 Å². The fraction of sp³-hybridized carbons (Fsp3) is 0.233. The zero-order chi connectivity index (χ0) is 26.4. The number of nitrogens with one attached hydrogen (secondary N) is 1. The number of hydrogen-bond donors (Lipinski definition) is 1. The van der Waals surface area contributed by atoms with Gasteiger partial charge in [-0.1, -0.05) is 57.2 Å². The van der Waals surface area contributed by atoms with Gasteiger partial charge in [-0.2, -0.15) is 0 Å². The maximum absolute atomic E-state index is 12.8. The van der Waals surface area contributed by atoms with Crippen LogP contribution in [0.3, 0.4) is 0 Å². The van der Waals surface area contributed by atoms with Gasteiger partial charge in [0.2, 0.25) is 0 Å². The second kappa shape index (κ2) is 11.4. The average molecular weight is 515 g/mol. The molecule has 190 valence electrons. The third kappa shape index (κ3) is 7.05. The molecule has 1 heterocycles. The molecule has 0 aliphatic heterocycles. The molecule has 0 saturated carbocycles. The number of esters is 1. The Balaban J connectivity index is 1.45. The van der Waals surface area contributed by atoms with Gasteiger partial charge in [0.15, 0.2) is 6.61 Å². The SMILES string of the molecule is COc1cccc(C=C(CC(=O)OCC(=O)Nc2ccc(C(C)(C)C)cc2)c2nc3ccccc3s2)c1. The molecular formula is C30H30N2O4S. The van der Waals surface area contributed by atoms with E-state index in [1.807, 2.05) is 78.9 Å². The molecule has 0 atom stereocenters. The predicted octanol–water partition coefficient (Wildman–Crippen LogP) is 6.72. The molecule has 0 aliphatic rings. The van der Waals surface area contributed by atoms with E-state index in [9.17, 15) is 9.59 Å². The molecule has 4 aromatic rings. The van der Waals surface area contributed by atoms with Crippen molar-refractivity contribution in [3.8, 4) is 5.75 Å². The lowest BCUT2D eigenvalue weighted by Gasteiger charge is -2.19.